The summed E-state index contributed by atoms with van der Waals surface area (Å²) in [4.78, 5) is 0. The third-order valence-electron chi connectivity index (χ3n) is 1.50. The van der Waals surface area contributed by atoms with Crippen molar-refractivity contribution in [2.24, 2.45) is 0 Å². The Hall–Kier alpha value is -0.360. The molecule has 0 fully saturated rings. The summed E-state index contributed by atoms with van der Waals surface area (Å²) in [5.74, 6) is 0. The van der Waals surface area contributed by atoms with Crippen molar-refractivity contribution in [1.82, 2.24) is 9.49 Å². The highest BCUT2D eigenvalue weighted by atomic mass is 31.1. The van der Waals surface area contributed by atoms with Gasteiger partial charge in [-0.2, -0.15) is 0 Å². The molecule has 0 bridgehead atoms. The Morgan fingerprint density at radius 2 is 2.40 bits per heavy atom. The Kier molecular flexibility index (Phi) is 3.45. The zero-order valence-electron chi connectivity index (χ0n) is 6.30. The first-order valence-corrected chi connectivity index (χ1v) is 4.67. The lowest BCUT2D eigenvalue weighted by molar-refractivity contribution is 0.711. The molecule has 0 spiro atoms. The molecule has 1 aromatic heterocycles. The Balaban J connectivity index is 2.15. The molecule has 0 saturated carbocycles. The Bertz CT molecular complexity index is 160. The van der Waals surface area contributed by atoms with Crippen molar-refractivity contribution >= 4 is 8.51 Å². The van der Waals surface area contributed by atoms with Crippen LogP contribution in [0.2, 0.25) is 0 Å². The van der Waals surface area contributed by atoms with E-state index in [0.29, 0.717) is 8.51 Å². The lowest BCUT2D eigenvalue weighted by atomic mass is 10.2. The van der Waals surface area contributed by atoms with E-state index in [0.717, 1.165) is 6.42 Å². The Morgan fingerprint density at radius 3 is 3.00 bits per heavy atom. The van der Waals surface area contributed by atoms with Crippen LogP contribution in [0.1, 0.15) is 31.9 Å². The Morgan fingerprint density at radius 1 is 1.50 bits per heavy atom. The third kappa shape index (κ3) is 2.49. The van der Waals surface area contributed by atoms with E-state index in [9.17, 15) is 0 Å². The quantitative estimate of drug-likeness (QED) is 0.625. The fourth-order valence-electron chi connectivity index (χ4n) is 0.902. The van der Waals surface area contributed by atoms with Crippen LogP contribution in [0.4, 0.5) is 0 Å². The highest BCUT2D eigenvalue weighted by molar-refractivity contribution is 7.20. The summed E-state index contributed by atoms with van der Waals surface area (Å²) in [6.45, 7) is 2.21. The zero-order valence-corrected chi connectivity index (χ0v) is 7.30. The molecule has 0 amide bonds. The van der Waals surface area contributed by atoms with Gasteiger partial charge in [0.2, 0.25) is 0 Å². The van der Waals surface area contributed by atoms with Crippen LogP contribution in [0.15, 0.2) is 6.20 Å². The van der Waals surface area contributed by atoms with Gasteiger partial charge >= 0.3 is 0 Å². The molecule has 1 aromatic rings. The van der Waals surface area contributed by atoms with Crippen LogP contribution in [0.5, 0.6) is 0 Å². The molecule has 1 rings (SSSR count). The standard InChI is InChI=1S/C7H13N2P/c1-2-3-4-5-7-6-8-10-9-7/h6,10H,2-5H2,1H3. The van der Waals surface area contributed by atoms with Crippen LogP contribution in [-0.2, 0) is 6.42 Å². The summed E-state index contributed by atoms with van der Waals surface area (Å²) in [7, 11) is 0.458. The van der Waals surface area contributed by atoms with Gasteiger partial charge in [0.15, 0.2) is 0 Å². The topological polar surface area (TPSA) is 25.8 Å². The molecule has 0 aliphatic carbocycles. The molecule has 1 atom stereocenters. The fraction of sp³-hybridized carbons (Fsp3) is 0.714. The monoisotopic (exact) mass is 156 g/mol. The molecule has 0 aromatic carbocycles. The average molecular weight is 156 g/mol. The van der Waals surface area contributed by atoms with E-state index in [2.05, 4.69) is 16.4 Å². The van der Waals surface area contributed by atoms with Gasteiger partial charge in [-0.25, -0.2) is 9.49 Å². The normalized spacial score (nSPS) is 10.9. The molecule has 56 valence electrons. The van der Waals surface area contributed by atoms with Crippen LogP contribution in [0.25, 0.3) is 0 Å². The maximum atomic E-state index is 4.23. The molecule has 3 heteroatoms. The van der Waals surface area contributed by atoms with Crippen molar-refractivity contribution in [3.8, 4) is 0 Å². The summed E-state index contributed by atoms with van der Waals surface area (Å²) < 4.78 is 8.27. The predicted octanol–water partition coefficient (Wildman–Crippen LogP) is 2.24. The fourth-order valence-corrected chi connectivity index (χ4v) is 1.46. The summed E-state index contributed by atoms with van der Waals surface area (Å²) >= 11 is 0. The number of unbranched alkanes of at least 4 members (excludes halogenated alkanes) is 2. The van der Waals surface area contributed by atoms with Crippen LogP contribution < -0.4 is 0 Å². The van der Waals surface area contributed by atoms with Crippen molar-refractivity contribution in [2.45, 2.75) is 32.6 Å². The van der Waals surface area contributed by atoms with E-state index >= 15 is 0 Å². The molecule has 0 saturated heterocycles. The van der Waals surface area contributed by atoms with E-state index in [1.807, 2.05) is 6.20 Å². The van der Waals surface area contributed by atoms with Crippen molar-refractivity contribution in [3.05, 3.63) is 11.9 Å². The SMILES string of the molecule is CCCCCc1cn[pH]n1. The van der Waals surface area contributed by atoms with Crippen molar-refractivity contribution in [3.63, 3.8) is 0 Å². The summed E-state index contributed by atoms with van der Waals surface area (Å²) in [6, 6.07) is 0. The minimum absolute atomic E-state index is 0.458. The first kappa shape index (κ1) is 7.74. The van der Waals surface area contributed by atoms with E-state index in [-0.39, 0.29) is 0 Å². The first-order chi connectivity index (χ1) is 4.93. The van der Waals surface area contributed by atoms with Crippen molar-refractivity contribution in [2.75, 3.05) is 0 Å². The second-order valence-corrected chi connectivity index (χ2v) is 3.10. The van der Waals surface area contributed by atoms with Crippen LogP contribution in [0, 0.1) is 0 Å². The summed E-state index contributed by atoms with van der Waals surface area (Å²) in [6.07, 6.45) is 6.91. The van der Waals surface area contributed by atoms with Gasteiger partial charge in [0.25, 0.3) is 0 Å². The van der Waals surface area contributed by atoms with Gasteiger partial charge in [-0.1, -0.05) is 19.8 Å². The molecule has 1 heterocycles. The van der Waals surface area contributed by atoms with Gasteiger partial charge in [-0.05, 0) is 12.8 Å². The van der Waals surface area contributed by atoms with Gasteiger partial charge in [0.1, 0.15) is 0 Å². The van der Waals surface area contributed by atoms with Gasteiger partial charge < -0.3 is 0 Å². The lowest BCUT2D eigenvalue weighted by Gasteiger charge is -1.92. The molecule has 0 radical (unpaired) electrons. The molecule has 0 aliphatic heterocycles. The maximum Gasteiger partial charge on any atom is 0.0646 e. The van der Waals surface area contributed by atoms with Gasteiger partial charge in [-0.15, -0.1) is 0 Å². The molecular formula is C7H13N2P. The van der Waals surface area contributed by atoms with Crippen LogP contribution in [-0.4, -0.2) is 9.49 Å². The van der Waals surface area contributed by atoms with E-state index in [1.165, 1.54) is 25.0 Å². The van der Waals surface area contributed by atoms with Crippen LogP contribution >= 0.6 is 8.51 Å². The third-order valence-corrected chi connectivity index (χ3v) is 2.13. The zero-order chi connectivity index (χ0) is 7.23. The van der Waals surface area contributed by atoms with Gasteiger partial charge in [0, 0.05) is 0 Å². The molecule has 0 aliphatic rings. The lowest BCUT2D eigenvalue weighted by Crippen LogP contribution is -1.83. The number of aryl methyl sites for hydroxylation is 1. The summed E-state index contributed by atoms with van der Waals surface area (Å²) in [5.41, 5.74) is 1.20. The van der Waals surface area contributed by atoms with Crippen molar-refractivity contribution in [1.29, 1.82) is 0 Å². The molecule has 1 unspecified atom stereocenters. The number of hydrogen-bond acceptors (Lipinski definition) is 2. The second kappa shape index (κ2) is 4.45. The number of aromatic nitrogens is 2. The molecular weight excluding hydrogens is 143 g/mol. The van der Waals surface area contributed by atoms with Crippen LogP contribution in [0.3, 0.4) is 0 Å². The molecule has 2 nitrogen and oxygen atoms in total. The molecule has 0 N–H and O–H groups in total. The largest absolute Gasteiger partial charge is 0.228 e. The number of hydrogen-bond donors (Lipinski definition) is 0. The number of rotatable bonds is 4. The smallest absolute Gasteiger partial charge is 0.0646 e. The maximum absolute atomic E-state index is 4.23. The minimum atomic E-state index is 0.458. The summed E-state index contributed by atoms with van der Waals surface area (Å²) in [5, 5.41) is 0. The average Bonchev–Trinajstić information content (AvgIpc) is 2.41. The predicted molar refractivity (Wildman–Crippen MR) is 44.8 cm³/mol. The number of nitrogens with zero attached hydrogens (tertiary/aromatic N) is 2. The van der Waals surface area contributed by atoms with E-state index in [1.54, 1.807) is 0 Å². The highest BCUT2D eigenvalue weighted by Crippen LogP contribution is 2.05. The van der Waals surface area contributed by atoms with E-state index < -0.39 is 0 Å². The first-order valence-electron chi connectivity index (χ1n) is 3.78. The Labute approximate surface area is 63.3 Å². The van der Waals surface area contributed by atoms with Crippen molar-refractivity contribution < 1.29 is 0 Å². The van der Waals surface area contributed by atoms with Gasteiger partial charge in [-0.3, -0.25) is 0 Å². The molecule has 10 heavy (non-hydrogen) atoms. The minimum Gasteiger partial charge on any atom is -0.228 e. The van der Waals surface area contributed by atoms with E-state index in [4.69, 9.17) is 0 Å². The van der Waals surface area contributed by atoms with Gasteiger partial charge in [0.05, 0.1) is 20.4 Å². The second-order valence-electron chi connectivity index (χ2n) is 2.42. The highest BCUT2D eigenvalue weighted by Gasteiger charge is 1.92.